The van der Waals surface area contributed by atoms with Crippen LogP contribution >= 0.6 is 0 Å². The summed E-state index contributed by atoms with van der Waals surface area (Å²) < 4.78 is 5.02. The van der Waals surface area contributed by atoms with Crippen molar-refractivity contribution in [3.63, 3.8) is 0 Å². The number of amides is 2. The van der Waals surface area contributed by atoms with Gasteiger partial charge in [0.2, 0.25) is 0 Å². The van der Waals surface area contributed by atoms with Crippen LogP contribution in [0.15, 0.2) is 42.5 Å². The van der Waals surface area contributed by atoms with E-state index < -0.39 is 5.97 Å². The molecule has 0 saturated heterocycles. The van der Waals surface area contributed by atoms with E-state index >= 15 is 0 Å². The van der Waals surface area contributed by atoms with E-state index in [2.05, 4.69) is 24.5 Å². The monoisotopic (exact) mass is 326 g/mol. The second-order valence-electron chi connectivity index (χ2n) is 5.36. The zero-order valence-electron chi connectivity index (χ0n) is 14.2. The van der Waals surface area contributed by atoms with Crippen LogP contribution in [0.3, 0.4) is 0 Å². The smallest absolute Gasteiger partial charge is 0.323 e. The molecule has 2 amide bonds. The van der Waals surface area contributed by atoms with Crippen molar-refractivity contribution in [3.8, 4) is 5.75 Å². The molecule has 2 aromatic rings. The summed E-state index contributed by atoms with van der Waals surface area (Å²) in [7, 11) is 0. The molecule has 0 saturated carbocycles. The molecule has 0 heterocycles. The first-order valence-electron chi connectivity index (χ1n) is 8.00. The van der Waals surface area contributed by atoms with Crippen LogP contribution in [0.25, 0.3) is 0 Å². The molecule has 5 heteroatoms. The van der Waals surface area contributed by atoms with Gasteiger partial charge >= 0.3 is 12.0 Å². The van der Waals surface area contributed by atoms with Gasteiger partial charge in [-0.25, -0.2) is 4.79 Å². The number of nitrogens with one attached hydrogen (secondary N) is 2. The minimum absolute atomic E-state index is 0.328. The van der Waals surface area contributed by atoms with Crippen LogP contribution in [-0.4, -0.2) is 12.0 Å². The maximum Gasteiger partial charge on any atom is 0.323 e. The van der Waals surface area contributed by atoms with Crippen LogP contribution in [0.5, 0.6) is 5.75 Å². The van der Waals surface area contributed by atoms with Gasteiger partial charge in [-0.1, -0.05) is 38.1 Å². The van der Waals surface area contributed by atoms with Gasteiger partial charge in [0, 0.05) is 24.4 Å². The summed E-state index contributed by atoms with van der Waals surface area (Å²) in [6.45, 7) is 5.45. The number of anilines is 2. The molecule has 2 N–H and O–H groups in total. The molecule has 2 aromatic carbocycles. The fraction of sp³-hybridized carbons (Fsp3) is 0.263. The fourth-order valence-electron chi connectivity index (χ4n) is 2.48. The van der Waals surface area contributed by atoms with Gasteiger partial charge in [-0.05, 0) is 36.1 Å². The molecule has 126 valence electrons. The average Bonchev–Trinajstić information content (AvgIpc) is 2.54. The van der Waals surface area contributed by atoms with E-state index in [9.17, 15) is 9.59 Å². The van der Waals surface area contributed by atoms with Gasteiger partial charge in [0.25, 0.3) is 0 Å². The fourth-order valence-corrected chi connectivity index (χ4v) is 2.48. The Bertz CT molecular complexity index is 719. The molecular formula is C19H22N2O3. The number of benzene rings is 2. The Hall–Kier alpha value is -2.82. The van der Waals surface area contributed by atoms with E-state index in [-0.39, 0.29) is 6.03 Å². The normalized spacial score (nSPS) is 10.1. The van der Waals surface area contributed by atoms with Crippen LogP contribution < -0.4 is 15.4 Å². The Kier molecular flexibility index (Phi) is 5.95. The number of hydrogen-bond donors (Lipinski definition) is 2. The Morgan fingerprint density at radius 3 is 2.17 bits per heavy atom. The lowest BCUT2D eigenvalue weighted by Crippen LogP contribution is -2.21. The van der Waals surface area contributed by atoms with Crippen LogP contribution in [0.1, 0.15) is 31.9 Å². The highest BCUT2D eigenvalue weighted by atomic mass is 16.5. The third kappa shape index (κ3) is 4.59. The highest BCUT2D eigenvalue weighted by molar-refractivity contribution is 6.00. The Morgan fingerprint density at radius 1 is 0.958 bits per heavy atom. The minimum Gasteiger partial charge on any atom is -0.427 e. The summed E-state index contributed by atoms with van der Waals surface area (Å²) in [5.41, 5.74) is 3.60. The summed E-state index contributed by atoms with van der Waals surface area (Å²) in [6.07, 6.45) is 1.68. The van der Waals surface area contributed by atoms with Gasteiger partial charge in [-0.3, -0.25) is 4.79 Å². The molecule has 0 unspecified atom stereocenters. The van der Waals surface area contributed by atoms with Gasteiger partial charge in [-0.15, -0.1) is 0 Å². The number of ether oxygens (including phenoxy) is 1. The van der Waals surface area contributed by atoms with E-state index in [0.717, 1.165) is 29.7 Å². The number of urea groups is 1. The molecule has 5 nitrogen and oxygen atoms in total. The molecule has 0 bridgehead atoms. The van der Waals surface area contributed by atoms with E-state index in [1.807, 2.05) is 18.2 Å². The third-order valence-corrected chi connectivity index (χ3v) is 3.59. The van der Waals surface area contributed by atoms with E-state index in [1.165, 1.54) is 6.92 Å². The lowest BCUT2D eigenvalue weighted by molar-refractivity contribution is -0.131. The number of hydrogen-bond acceptors (Lipinski definition) is 3. The SMILES string of the molecule is CCc1cccc(CC)c1NC(=O)Nc1cccc(OC(C)=O)c1. The van der Waals surface area contributed by atoms with Crippen molar-refractivity contribution in [1.29, 1.82) is 0 Å². The molecule has 0 aliphatic carbocycles. The predicted molar refractivity (Wildman–Crippen MR) is 95.6 cm³/mol. The minimum atomic E-state index is -0.402. The van der Waals surface area contributed by atoms with Crippen molar-refractivity contribution in [2.24, 2.45) is 0 Å². The number of rotatable bonds is 5. The zero-order chi connectivity index (χ0) is 17.5. The molecule has 2 rings (SSSR count). The molecule has 0 aromatic heterocycles. The van der Waals surface area contributed by atoms with Crippen LogP contribution in [-0.2, 0) is 17.6 Å². The molecule has 0 radical (unpaired) electrons. The van der Waals surface area contributed by atoms with E-state index in [1.54, 1.807) is 24.3 Å². The highest BCUT2D eigenvalue weighted by Gasteiger charge is 2.10. The molecular weight excluding hydrogens is 304 g/mol. The van der Waals surface area contributed by atoms with Gasteiger partial charge in [0.05, 0.1) is 0 Å². The number of carbonyl (C=O) groups excluding carboxylic acids is 2. The molecule has 0 aliphatic rings. The average molecular weight is 326 g/mol. The lowest BCUT2D eigenvalue weighted by Gasteiger charge is -2.15. The first kappa shape index (κ1) is 17.5. The molecule has 0 fully saturated rings. The first-order chi connectivity index (χ1) is 11.5. The number of para-hydroxylation sites is 1. The highest BCUT2D eigenvalue weighted by Crippen LogP contribution is 2.23. The van der Waals surface area contributed by atoms with Gasteiger partial charge in [0.1, 0.15) is 5.75 Å². The topological polar surface area (TPSA) is 67.4 Å². The molecule has 0 aliphatic heterocycles. The maximum absolute atomic E-state index is 12.3. The first-order valence-corrected chi connectivity index (χ1v) is 8.00. The van der Waals surface area contributed by atoms with Crippen molar-refractivity contribution in [3.05, 3.63) is 53.6 Å². The Morgan fingerprint density at radius 2 is 1.58 bits per heavy atom. The predicted octanol–water partition coefficient (Wildman–Crippen LogP) is 4.38. The third-order valence-electron chi connectivity index (χ3n) is 3.59. The summed E-state index contributed by atoms with van der Waals surface area (Å²) in [5, 5.41) is 5.70. The summed E-state index contributed by atoms with van der Waals surface area (Å²) in [4.78, 5) is 23.3. The van der Waals surface area contributed by atoms with Gasteiger partial charge < -0.3 is 15.4 Å². The van der Waals surface area contributed by atoms with Crippen LogP contribution in [0, 0.1) is 0 Å². The number of carbonyl (C=O) groups is 2. The quantitative estimate of drug-likeness (QED) is 0.633. The second kappa shape index (κ2) is 8.15. The number of esters is 1. The van der Waals surface area contributed by atoms with Crippen LogP contribution in [0.2, 0.25) is 0 Å². The summed E-state index contributed by atoms with van der Waals surface area (Å²) >= 11 is 0. The standard InChI is InChI=1S/C19H22N2O3/c1-4-14-8-6-9-15(5-2)18(14)21-19(23)20-16-10-7-11-17(12-16)24-13(3)22/h6-12H,4-5H2,1-3H3,(H2,20,21,23). The van der Waals surface area contributed by atoms with E-state index in [0.29, 0.717) is 11.4 Å². The lowest BCUT2D eigenvalue weighted by atomic mass is 10.0. The van der Waals surface area contributed by atoms with Crippen molar-refractivity contribution < 1.29 is 14.3 Å². The van der Waals surface area contributed by atoms with Crippen molar-refractivity contribution in [2.75, 3.05) is 10.6 Å². The summed E-state index contributed by atoms with van der Waals surface area (Å²) in [6, 6.07) is 12.4. The Labute approximate surface area is 142 Å². The zero-order valence-corrected chi connectivity index (χ0v) is 14.2. The second-order valence-corrected chi connectivity index (χ2v) is 5.36. The van der Waals surface area contributed by atoms with E-state index in [4.69, 9.17) is 4.74 Å². The molecule has 24 heavy (non-hydrogen) atoms. The van der Waals surface area contributed by atoms with Crippen molar-refractivity contribution in [1.82, 2.24) is 0 Å². The largest absolute Gasteiger partial charge is 0.427 e. The maximum atomic E-state index is 12.3. The number of aryl methyl sites for hydroxylation is 2. The molecule has 0 atom stereocenters. The van der Waals surface area contributed by atoms with Gasteiger partial charge in [-0.2, -0.15) is 0 Å². The van der Waals surface area contributed by atoms with Crippen molar-refractivity contribution in [2.45, 2.75) is 33.6 Å². The summed E-state index contributed by atoms with van der Waals surface area (Å²) in [5.74, 6) is -0.00966. The van der Waals surface area contributed by atoms with Crippen LogP contribution in [0.4, 0.5) is 16.2 Å². The van der Waals surface area contributed by atoms with Gasteiger partial charge in [0.15, 0.2) is 0 Å². The Balaban J connectivity index is 2.13. The van der Waals surface area contributed by atoms with Crippen molar-refractivity contribution >= 4 is 23.4 Å². The molecule has 0 spiro atoms.